The van der Waals surface area contributed by atoms with Crippen molar-refractivity contribution in [3.8, 4) is 0 Å². The molecule has 0 aliphatic heterocycles. The summed E-state index contributed by atoms with van der Waals surface area (Å²) in [6.07, 6.45) is 0. The lowest BCUT2D eigenvalue weighted by molar-refractivity contribution is 0.291. The van der Waals surface area contributed by atoms with Gasteiger partial charge >= 0.3 is 0 Å². The highest BCUT2D eigenvalue weighted by atomic mass is 15.4. The summed E-state index contributed by atoms with van der Waals surface area (Å²) in [5.41, 5.74) is 10.6. The van der Waals surface area contributed by atoms with Gasteiger partial charge in [0.25, 0.3) is 0 Å². The summed E-state index contributed by atoms with van der Waals surface area (Å²) < 4.78 is 0. The van der Waals surface area contributed by atoms with Crippen LogP contribution in [0.25, 0.3) is 0 Å². The fourth-order valence-corrected chi connectivity index (χ4v) is 0.727. The highest BCUT2D eigenvalue weighted by Crippen LogP contribution is 1.72. The summed E-state index contributed by atoms with van der Waals surface area (Å²) in [7, 11) is 0. The maximum absolute atomic E-state index is 5.55. The van der Waals surface area contributed by atoms with Crippen LogP contribution in [0.1, 0.15) is 0 Å². The van der Waals surface area contributed by atoms with E-state index in [0.717, 1.165) is 26.2 Å². The monoisotopic (exact) mass is 161 g/mol. The predicted octanol–water partition coefficient (Wildman–Crippen LogP) is -2.33. The number of nitrogens with zero attached hydrogens (tertiary/aromatic N) is 1. The smallest absolute Gasteiger partial charge is 0.0254 e. The van der Waals surface area contributed by atoms with Gasteiger partial charge in [-0.15, -0.1) is 0 Å². The molecular weight excluding hydrogens is 142 g/mol. The first kappa shape index (κ1) is 10.8. The SMILES string of the molecule is NCCNCCN(N)CCN. The van der Waals surface area contributed by atoms with Crippen molar-refractivity contribution < 1.29 is 0 Å². The number of hydrogen-bond acceptors (Lipinski definition) is 5. The zero-order valence-corrected chi connectivity index (χ0v) is 6.92. The van der Waals surface area contributed by atoms with E-state index in [1.807, 2.05) is 0 Å². The Bertz CT molecular complexity index is 77.4. The van der Waals surface area contributed by atoms with Crippen LogP contribution in [0, 0.1) is 0 Å². The normalized spacial score (nSPS) is 10.9. The Balaban J connectivity index is 2.97. The molecule has 0 aliphatic rings. The van der Waals surface area contributed by atoms with Crippen LogP contribution in [0.3, 0.4) is 0 Å². The van der Waals surface area contributed by atoms with Gasteiger partial charge < -0.3 is 16.8 Å². The van der Waals surface area contributed by atoms with Gasteiger partial charge in [0.15, 0.2) is 0 Å². The molecule has 7 N–H and O–H groups in total. The molecule has 0 atom stereocenters. The molecule has 0 heterocycles. The average molecular weight is 161 g/mol. The van der Waals surface area contributed by atoms with Gasteiger partial charge in [-0.1, -0.05) is 0 Å². The largest absolute Gasteiger partial charge is 0.329 e. The van der Waals surface area contributed by atoms with Crippen LogP contribution in [0.15, 0.2) is 0 Å². The van der Waals surface area contributed by atoms with E-state index in [0.29, 0.717) is 13.1 Å². The number of hydrazine groups is 1. The number of nitrogens with two attached hydrogens (primary N) is 3. The molecule has 0 aromatic rings. The summed E-state index contributed by atoms with van der Waals surface area (Å²) in [5.74, 6) is 5.55. The molecule has 0 saturated carbocycles. The molecule has 0 aromatic carbocycles. The van der Waals surface area contributed by atoms with Crippen molar-refractivity contribution in [2.45, 2.75) is 0 Å². The third-order valence-corrected chi connectivity index (χ3v) is 1.31. The van der Waals surface area contributed by atoms with Crippen molar-refractivity contribution in [3.05, 3.63) is 0 Å². The first-order chi connectivity index (χ1) is 5.31. The lowest BCUT2D eigenvalue weighted by atomic mass is 10.5. The number of nitrogens with one attached hydrogen (secondary N) is 1. The molecule has 5 nitrogen and oxygen atoms in total. The molecule has 0 unspecified atom stereocenters. The fraction of sp³-hybridized carbons (Fsp3) is 1.00. The maximum Gasteiger partial charge on any atom is 0.0254 e. The highest BCUT2D eigenvalue weighted by Gasteiger charge is 1.94. The van der Waals surface area contributed by atoms with Gasteiger partial charge in [-0.3, -0.25) is 5.84 Å². The van der Waals surface area contributed by atoms with Gasteiger partial charge in [0, 0.05) is 39.3 Å². The minimum Gasteiger partial charge on any atom is -0.329 e. The second kappa shape index (κ2) is 7.90. The molecule has 68 valence electrons. The van der Waals surface area contributed by atoms with E-state index < -0.39 is 0 Å². The van der Waals surface area contributed by atoms with E-state index in [2.05, 4.69) is 5.32 Å². The second-order valence-corrected chi connectivity index (χ2v) is 2.36. The van der Waals surface area contributed by atoms with Crippen molar-refractivity contribution in [2.24, 2.45) is 17.3 Å². The third-order valence-electron chi connectivity index (χ3n) is 1.31. The molecule has 0 rings (SSSR count). The molecule has 0 aromatic heterocycles. The third kappa shape index (κ3) is 7.70. The second-order valence-electron chi connectivity index (χ2n) is 2.36. The lowest BCUT2D eigenvalue weighted by Crippen LogP contribution is -2.41. The molecule has 5 heteroatoms. The van der Waals surface area contributed by atoms with Crippen LogP contribution in [0.2, 0.25) is 0 Å². The number of rotatable bonds is 7. The van der Waals surface area contributed by atoms with Crippen LogP contribution >= 0.6 is 0 Å². The minimum absolute atomic E-state index is 0.605. The topological polar surface area (TPSA) is 93.3 Å². The molecule has 0 aliphatic carbocycles. The zero-order chi connectivity index (χ0) is 8.53. The summed E-state index contributed by atoms with van der Waals surface area (Å²) in [4.78, 5) is 0. The van der Waals surface area contributed by atoms with Gasteiger partial charge in [0.1, 0.15) is 0 Å². The quantitative estimate of drug-likeness (QED) is 0.191. The van der Waals surface area contributed by atoms with E-state index in [-0.39, 0.29) is 0 Å². The Kier molecular flexibility index (Phi) is 7.76. The molecule has 0 radical (unpaired) electrons. The maximum atomic E-state index is 5.55. The Morgan fingerprint density at radius 1 is 1.00 bits per heavy atom. The van der Waals surface area contributed by atoms with E-state index in [9.17, 15) is 0 Å². The van der Waals surface area contributed by atoms with E-state index >= 15 is 0 Å². The summed E-state index contributed by atoms with van der Waals surface area (Å²) in [6, 6.07) is 0. The fourth-order valence-electron chi connectivity index (χ4n) is 0.727. The standard InChI is InChI=1S/C6H19N5/c7-1-3-10-4-6-11(9)5-2-8/h10H,1-9H2. The predicted molar refractivity (Wildman–Crippen MR) is 46.7 cm³/mol. The van der Waals surface area contributed by atoms with Crippen molar-refractivity contribution in [1.82, 2.24) is 10.3 Å². The minimum atomic E-state index is 0.605. The van der Waals surface area contributed by atoms with Crippen LogP contribution in [-0.2, 0) is 0 Å². The summed E-state index contributed by atoms with van der Waals surface area (Å²) >= 11 is 0. The molecule has 0 saturated heterocycles. The average Bonchev–Trinajstić information content (AvgIpc) is 1.99. The molecule has 0 bridgehead atoms. The van der Waals surface area contributed by atoms with Crippen molar-refractivity contribution in [1.29, 1.82) is 0 Å². The van der Waals surface area contributed by atoms with Gasteiger partial charge in [-0.05, 0) is 0 Å². The first-order valence-electron chi connectivity index (χ1n) is 3.91. The van der Waals surface area contributed by atoms with Crippen molar-refractivity contribution >= 4 is 0 Å². The van der Waals surface area contributed by atoms with Crippen LogP contribution < -0.4 is 22.6 Å². The Hall–Kier alpha value is -0.200. The van der Waals surface area contributed by atoms with Crippen molar-refractivity contribution in [3.63, 3.8) is 0 Å². The molecule has 0 fully saturated rings. The van der Waals surface area contributed by atoms with Crippen LogP contribution in [-0.4, -0.2) is 44.3 Å². The van der Waals surface area contributed by atoms with E-state index in [4.69, 9.17) is 17.3 Å². The van der Waals surface area contributed by atoms with E-state index in [1.54, 1.807) is 5.01 Å². The molecule has 0 amide bonds. The Labute approximate surface area is 67.9 Å². The highest BCUT2D eigenvalue weighted by molar-refractivity contribution is 4.53. The van der Waals surface area contributed by atoms with Gasteiger partial charge in [0.05, 0.1) is 0 Å². The Morgan fingerprint density at radius 3 is 2.27 bits per heavy atom. The van der Waals surface area contributed by atoms with Crippen molar-refractivity contribution in [2.75, 3.05) is 39.3 Å². The summed E-state index contributed by atoms with van der Waals surface area (Å²) in [6.45, 7) is 4.54. The molecule has 11 heavy (non-hydrogen) atoms. The van der Waals surface area contributed by atoms with Gasteiger partial charge in [-0.2, -0.15) is 0 Å². The first-order valence-corrected chi connectivity index (χ1v) is 3.91. The van der Waals surface area contributed by atoms with Crippen LogP contribution in [0.4, 0.5) is 0 Å². The number of hydrogen-bond donors (Lipinski definition) is 4. The Morgan fingerprint density at radius 2 is 1.73 bits per heavy atom. The van der Waals surface area contributed by atoms with Gasteiger partial charge in [0.2, 0.25) is 0 Å². The van der Waals surface area contributed by atoms with Gasteiger partial charge in [-0.25, -0.2) is 5.01 Å². The molecule has 0 spiro atoms. The molecular formula is C6H19N5. The van der Waals surface area contributed by atoms with E-state index in [1.165, 1.54) is 0 Å². The summed E-state index contributed by atoms with van der Waals surface area (Å²) in [5, 5.41) is 4.83. The zero-order valence-electron chi connectivity index (χ0n) is 6.92. The van der Waals surface area contributed by atoms with Crippen LogP contribution in [0.5, 0.6) is 0 Å². The lowest BCUT2D eigenvalue weighted by Gasteiger charge is -2.14.